The van der Waals surface area contributed by atoms with Crippen LogP contribution in [0, 0.1) is 41.9 Å². The molecule has 4 aliphatic rings. The van der Waals surface area contributed by atoms with Gasteiger partial charge in [-0.15, -0.1) is 0 Å². The van der Waals surface area contributed by atoms with Crippen LogP contribution in [-0.4, -0.2) is 4.98 Å². The largest absolute Gasteiger partial charge is 0.383 e. The van der Waals surface area contributed by atoms with Crippen molar-refractivity contribution in [3.63, 3.8) is 0 Å². The van der Waals surface area contributed by atoms with Crippen LogP contribution in [0.1, 0.15) is 54.7 Å². The predicted octanol–water partition coefficient (Wildman–Crippen LogP) is 3.38. The lowest BCUT2D eigenvalue weighted by Crippen LogP contribution is -2.44. The van der Waals surface area contributed by atoms with E-state index in [4.69, 9.17) is 5.73 Å². The smallest absolute Gasteiger partial charge is 0.141 e. The Hall–Kier alpha value is -1.56. The predicted molar refractivity (Wildman–Crippen MR) is 77.9 cm³/mol. The number of nitrogens with zero attached hydrogens (tertiary/aromatic N) is 2. The molecule has 3 heteroatoms. The maximum absolute atomic E-state index is 9.51. The molecule has 0 atom stereocenters. The number of rotatable bonds is 1. The molecule has 104 valence electrons. The molecule has 1 heterocycles. The van der Waals surface area contributed by atoms with Crippen molar-refractivity contribution >= 4 is 5.82 Å². The van der Waals surface area contributed by atoms with Crippen LogP contribution in [-0.2, 0) is 0 Å². The zero-order chi connectivity index (χ0) is 13.9. The summed E-state index contributed by atoms with van der Waals surface area (Å²) in [7, 11) is 0. The summed E-state index contributed by atoms with van der Waals surface area (Å²) < 4.78 is 0. The van der Waals surface area contributed by atoms with Gasteiger partial charge in [-0.05, 0) is 79.7 Å². The molecule has 0 radical (unpaired) electrons. The van der Waals surface area contributed by atoms with E-state index in [9.17, 15) is 5.26 Å². The molecule has 0 aliphatic heterocycles. The molecule has 4 aliphatic carbocycles. The minimum Gasteiger partial charge on any atom is -0.383 e. The molecule has 4 fully saturated rings. The lowest BCUT2D eigenvalue weighted by Gasteiger charge is -2.55. The van der Waals surface area contributed by atoms with Gasteiger partial charge in [0.1, 0.15) is 11.9 Å². The van der Waals surface area contributed by atoms with E-state index in [0.717, 1.165) is 29.2 Å². The molecule has 0 saturated heterocycles. The summed E-state index contributed by atoms with van der Waals surface area (Å²) in [5.74, 6) is 4.44. The van der Waals surface area contributed by atoms with Crippen LogP contribution in [0.2, 0.25) is 0 Å². The Morgan fingerprint density at radius 2 is 1.75 bits per heavy atom. The Bertz CT molecular complexity index is 571. The van der Waals surface area contributed by atoms with Crippen molar-refractivity contribution in [3.05, 3.63) is 22.9 Å². The monoisotopic (exact) mass is 267 g/mol. The second-order valence-electron chi connectivity index (χ2n) is 7.18. The minimum atomic E-state index is 0.418. The lowest BCUT2D eigenvalue weighted by atomic mass is 9.50. The first kappa shape index (κ1) is 12.2. The lowest BCUT2D eigenvalue weighted by molar-refractivity contribution is -0.00306. The number of hydrogen-bond acceptors (Lipinski definition) is 3. The Morgan fingerprint density at radius 1 is 1.15 bits per heavy atom. The van der Waals surface area contributed by atoms with E-state index in [1.165, 1.54) is 37.7 Å². The van der Waals surface area contributed by atoms with E-state index in [1.807, 2.05) is 6.20 Å². The zero-order valence-electron chi connectivity index (χ0n) is 12.0. The van der Waals surface area contributed by atoms with Crippen LogP contribution in [0.4, 0.5) is 5.82 Å². The molecular weight excluding hydrogens is 246 g/mol. The molecular formula is C17H21N3. The second-order valence-corrected chi connectivity index (χ2v) is 7.18. The standard InChI is InChI=1S/C17H21N3/c1-9-8-20-17(19)14(7-18)15(9)16-12-3-10-2-11(5-12)6-13(16)4-10/h8,10-13,16H,2-6H2,1H3,(H2,19,20). The van der Waals surface area contributed by atoms with E-state index >= 15 is 0 Å². The van der Waals surface area contributed by atoms with Crippen molar-refractivity contribution in [2.24, 2.45) is 23.7 Å². The van der Waals surface area contributed by atoms with Crippen LogP contribution in [0.15, 0.2) is 6.20 Å². The molecule has 20 heavy (non-hydrogen) atoms. The summed E-state index contributed by atoms with van der Waals surface area (Å²) >= 11 is 0. The van der Waals surface area contributed by atoms with E-state index in [-0.39, 0.29) is 0 Å². The van der Waals surface area contributed by atoms with Gasteiger partial charge < -0.3 is 5.73 Å². The van der Waals surface area contributed by atoms with E-state index in [0.29, 0.717) is 17.3 Å². The second kappa shape index (κ2) is 4.22. The molecule has 5 rings (SSSR count). The maximum atomic E-state index is 9.51. The first-order valence-corrected chi connectivity index (χ1v) is 7.82. The van der Waals surface area contributed by atoms with Crippen LogP contribution in [0.3, 0.4) is 0 Å². The summed E-state index contributed by atoms with van der Waals surface area (Å²) in [6, 6.07) is 2.33. The van der Waals surface area contributed by atoms with E-state index in [2.05, 4.69) is 18.0 Å². The molecule has 0 unspecified atom stereocenters. The van der Waals surface area contributed by atoms with Crippen molar-refractivity contribution in [1.82, 2.24) is 4.98 Å². The average Bonchev–Trinajstić information content (AvgIpc) is 2.41. The van der Waals surface area contributed by atoms with Gasteiger partial charge in [-0.25, -0.2) is 4.98 Å². The van der Waals surface area contributed by atoms with E-state index in [1.54, 1.807) is 0 Å². The number of hydrogen-bond donors (Lipinski definition) is 1. The molecule has 3 nitrogen and oxygen atoms in total. The fraction of sp³-hybridized carbons (Fsp3) is 0.647. The van der Waals surface area contributed by atoms with Gasteiger partial charge in [0.2, 0.25) is 0 Å². The summed E-state index contributed by atoms with van der Waals surface area (Å²) in [6.07, 6.45) is 8.78. The van der Waals surface area contributed by atoms with Crippen LogP contribution >= 0.6 is 0 Å². The molecule has 0 spiro atoms. The van der Waals surface area contributed by atoms with Gasteiger partial charge in [-0.1, -0.05) is 0 Å². The Balaban J connectivity index is 1.82. The van der Waals surface area contributed by atoms with Crippen molar-refractivity contribution in [2.45, 2.75) is 44.9 Å². The number of aromatic nitrogens is 1. The Kier molecular flexibility index (Phi) is 2.57. The highest BCUT2D eigenvalue weighted by molar-refractivity contribution is 5.57. The van der Waals surface area contributed by atoms with Gasteiger partial charge in [-0.3, -0.25) is 0 Å². The molecule has 1 aromatic heterocycles. The number of nitrogen functional groups attached to an aromatic ring is 1. The highest BCUT2D eigenvalue weighted by atomic mass is 14.8. The third-order valence-corrected chi connectivity index (χ3v) is 6.02. The van der Waals surface area contributed by atoms with Crippen molar-refractivity contribution < 1.29 is 0 Å². The maximum Gasteiger partial charge on any atom is 0.141 e. The van der Waals surface area contributed by atoms with Crippen molar-refractivity contribution in [3.8, 4) is 6.07 Å². The van der Waals surface area contributed by atoms with Gasteiger partial charge in [0.25, 0.3) is 0 Å². The fourth-order valence-electron chi connectivity index (χ4n) is 5.58. The van der Waals surface area contributed by atoms with Gasteiger partial charge in [0.15, 0.2) is 0 Å². The van der Waals surface area contributed by atoms with Gasteiger partial charge >= 0.3 is 0 Å². The normalized spacial score (nSPS) is 37.9. The first-order valence-electron chi connectivity index (χ1n) is 7.82. The molecule has 4 saturated carbocycles. The average molecular weight is 267 g/mol. The first-order chi connectivity index (χ1) is 9.67. The highest BCUT2D eigenvalue weighted by Crippen LogP contribution is 2.60. The Labute approximate surface area is 120 Å². The zero-order valence-corrected chi connectivity index (χ0v) is 12.0. The van der Waals surface area contributed by atoms with Crippen molar-refractivity contribution in [1.29, 1.82) is 5.26 Å². The molecule has 0 aromatic carbocycles. The third-order valence-electron chi connectivity index (χ3n) is 6.02. The number of anilines is 1. The van der Waals surface area contributed by atoms with E-state index < -0.39 is 0 Å². The summed E-state index contributed by atoms with van der Waals surface area (Å²) in [6.45, 7) is 2.09. The molecule has 2 N–H and O–H groups in total. The van der Waals surface area contributed by atoms with Crippen molar-refractivity contribution in [2.75, 3.05) is 5.73 Å². The van der Waals surface area contributed by atoms with Crippen LogP contribution in [0.5, 0.6) is 0 Å². The molecule has 4 bridgehead atoms. The summed E-state index contributed by atoms with van der Waals surface area (Å²) in [5, 5.41) is 9.51. The molecule has 0 amide bonds. The van der Waals surface area contributed by atoms with Gasteiger partial charge in [0, 0.05) is 6.20 Å². The Morgan fingerprint density at radius 3 is 2.30 bits per heavy atom. The highest BCUT2D eigenvalue weighted by Gasteiger charge is 2.49. The fourth-order valence-corrected chi connectivity index (χ4v) is 5.58. The van der Waals surface area contributed by atoms with Crippen LogP contribution < -0.4 is 5.73 Å². The van der Waals surface area contributed by atoms with Gasteiger partial charge in [-0.2, -0.15) is 5.26 Å². The summed E-state index contributed by atoms with van der Waals surface area (Å²) in [4.78, 5) is 4.18. The number of aryl methyl sites for hydroxylation is 1. The molecule has 1 aromatic rings. The minimum absolute atomic E-state index is 0.418. The number of pyridine rings is 1. The topological polar surface area (TPSA) is 62.7 Å². The number of nitriles is 1. The third kappa shape index (κ3) is 1.60. The number of nitrogens with two attached hydrogens (primary N) is 1. The van der Waals surface area contributed by atoms with Crippen LogP contribution in [0.25, 0.3) is 0 Å². The quantitative estimate of drug-likeness (QED) is 0.848. The summed E-state index contributed by atoms with van der Waals surface area (Å²) in [5.41, 5.74) is 9.01. The van der Waals surface area contributed by atoms with Gasteiger partial charge in [0.05, 0.1) is 5.56 Å². The SMILES string of the molecule is Cc1cnc(N)c(C#N)c1C1C2CC3CC(C2)CC1C3.